The van der Waals surface area contributed by atoms with E-state index in [1.807, 2.05) is 18.2 Å². The molecule has 0 saturated heterocycles. The van der Waals surface area contributed by atoms with E-state index in [2.05, 4.69) is 30.4 Å². The standard InChI is InChI=1S/C18H21NO2/c1-14-3-2-4-16(13-14)7-10-18(21)19-12-11-15-5-8-17(20)9-6-15/h2-6,8-9,13,20H,7,10-12H2,1H3,(H,19,21). The first-order valence-corrected chi connectivity index (χ1v) is 7.23. The van der Waals surface area contributed by atoms with E-state index in [1.54, 1.807) is 12.1 Å². The van der Waals surface area contributed by atoms with Crippen LogP contribution in [-0.2, 0) is 17.6 Å². The molecule has 0 aliphatic heterocycles. The van der Waals surface area contributed by atoms with Gasteiger partial charge >= 0.3 is 0 Å². The van der Waals surface area contributed by atoms with E-state index < -0.39 is 0 Å². The first kappa shape index (κ1) is 15.1. The summed E-state index contributed by atoms with van der Waals surface area (Å²) in [6.45, 7) is 2.68. The van der Waals surface area contributed by atoms with Crippen LogP contribution in [0.3, 0.4) is 0 Å². The molecule has 0 unspecified atom stereocenters. The fourth-order valence-corrected chi connectivity index (χ4v) is 2.22. The van der Waals surface area contributed by atoms with Gasteiger partial charge in [-0.1, -0.05) is 42.0 Å². The van der Waals surface area contributed by atoms with Gasteiger partial charge in [-0.05, 0) is 43.0 Å². The SMILES string of the molecule is Cc1cccc(CCC(=O)NCCc2ccc(O)cc2)c1. The van der Waals surface area contributed by atoms with Crippen molar-refractivity contribution in [1.29, 1.82) is 0 Å². The first-order chi connectivity index (χ1) is 10.1. The summed E-state index contributed by atoms with van der Waals surface area (Å²) < 4.78 is 0. The molecule has 0 spiro atoms. The van der Waals surface area contributed by atoms with Crippen LogP contribution in [0, 0.1) is 6.92 Å². The Morgan fingerprint density at radius 1 is 1.05 bits per heavy atom. The maximum Gasteiger partial charge on any atom is 0.220 e. The molecule has 3 heteroatoms. The fraction of sp³-hybridized carbons (Fsp3) is 0.278. The highest BCUT2D eigenvalue weighted by Gasteiger charge is 2.02. The predicted octanol–water partition coefficient (Wildman–Crippen LogP) is 2.99. The van der Waals surface area contributed by atoms with Gasteiger partial charge in [0.05, 0.1) is 0 Å². The monoisotopic (exact) mass is 283 g/mol. The highest BCUT2D eigenvalue weighted by Crippen LogP contribution is 2.10. The molecule has 2 aromatic carbocycles. The van der Waals surface area contributed by atoms with Crippen molar-refractivity contribution < 1.29 is 9.90 Å². The van der Waals surface area contributed by atoms with Gasteiger partial charge in [-0.25, -0.2) is 0 Å². The van der Waals surface area contributed by atoms with Gasteiger partial charge in [0.15, 0.2) is 0 Å². The van der Waals surface area contributed by atoms with E-state index in [0.717, 1.165) is 18.4 Å². The number of aryl methyl sites for hydroxylation is 2. The molecule has 0 fully saturated rings. The second kappa shape index (κ2) is 7.48. The summed E-state index contributed by atoms with van der Waals surface area (Å²) in [6.07, 6.45) is 2.06. The number of phenolic OH excluding ortho intramolecular Hbond substituents is 1. The fourth-order valence-electron chi connectivity index (χ4n) is 2.22. The molecule has 3 nitrogen and oxygen atoms in total. The number of carbonyl (C=O) groups excluding carboxylic acids is 1. The van der Waals surface area contributed by atoms with Gasteiger partial charge in [-0.15, -0.1) is 0 Å². The molecule has 0 atom stereocenters. The van der Waals surface area contributed by atoms with E-state index in [1.165, 1.54) is 11.1 Å². The smallest absolute Gasteiger partial charge is 0.220 e. The Labute approximate surface area is 125 Å². The van der Waals surface area contributed by atoms with Gasteiger partial charge in [0.25, 0.3) is 0 Å². The molecule has 1 amide bonds. The van der Waals surface area contributed by atoms with Crippen LogP contribution in [0.15, 0.2) is 48.5 Å². The van der Waals surface area contributed by atoms with Gasteiger partial charge < -0.3 is 10.4 Å². The number of phenols is 1. The van der Waals surface area contributed by atoms with Crippen LogP contribution in [0.25, 0.3) is 0 Å². The number of carbonyl (C=O) groups is 1. The third-order valence-corrected chi connectivity index (χ3v) is 3.40. The van der Waals surface area contributed by atoms with E-state index in [-0.39, 0.29) is 11.7 Å². The molecule has 110 valence electrons. The molecular weight excluding hydrogens is 262 g/mol. The summed E-state index contributed by atoms with van der Waals surface area (Å²) in [5, 5.41) is 12.1. The van der Waals surface area contributed by atoms with Gasteiger partial charge in [-0.2, -0.15) is 0 Å². The molecule has 0 aliphatic rings. The minimum Gasteiger partial charge on any atom is -0.508 e. The number of aromatic hydroxyl groups is 1. The third-order valence-electron chi connectivity index (χ3n) is 3.40. The molecule has 0 aliphatic carbocycles. The van der Waals surface area contributed by atoms with Crippen LogP contribution in [-0.4, -0.2) is 17.6 Å². The van der Waals surface area contributed by atoms with Crippen molar-refractivity contribution in [3.8, 4) is 5.75 Å². The highest BCUT2D eigenvalue weighted by atomic mass is 16.3. The Morgan fingerprint density at radius 3 is 2.52 bits per heavy atom. The van der Waals surface area contributed by atoms with Gasteiger partial charge in [0.1, 0.15) is 5.75 Å². The van der Waals surface area contributed by atoms with Crippen LogP contribution in [0.2, 0.25) is 0 Å². The van der Waals surface area contributed by atoms with E-state index in [0.29, 0.717) is 13.0 Å². The van der Waals surface area contributed by atoms with Crippen molar-refractivity contribution in [2.75, 3.05) is 6.54 Å². The average Bonchev–Trinajstić information content (AvgIpc) is 2.47. The van der Waals surface area contributed by atoms with E-state index in [9.17, 15) is 9.90 Å². The summed E-state index contributed by atoms with van der Waals surface area (Å²) in [7, 11) is 0. The van der Waals surface area contributed by atoms with Gasteiger partial charge in [-0.3, -0.25) is 4.79 Å². The second-order valence-electron chi connectivity index (χ2n) is 5.26. The molecule has 2 aromatic rings. The Morgan fingerprint density at radius 2 is 1.81 bits per heavy atom. The number of amides is 1. The summed E-state index contributed by atoms with van der Waals surface area (Å²) in [6, 6.07) is 15.3. The quantitative estimate of drug-likeness (QED) is 0.856. The van der Waals surface area contributed by atoms with Crippen molar-refractivity contribution in [1.82, 2.24) is 5.32 Å². The van der Waals surface area contributed by atoms with Gasteiger partial charge in [0.2, 0.25) is 5.91 Å². The topological polar surface area (TPSA) is 49.3 Å². The maximum absolute atomic E-state index is 11.8. The molecule has 2 rings (SSSR count). The summed E-state index contributed by atoms with van der Waals surface area (Å²) in [5.41, 5.74) is 3.52. The lowest BCUT2D eigenvalue weighted by Gasteiger charge is -2.06. The van der Waals surface area contributed by atoms with Crippen LogP contribution in [0.1, 0.15) is 23.1 Å². The third kappa shape index (κ3) is 5.30. The number of hydrogen-bond acceptors (Lipinski definition) is 2. The summed E-state index contributed by atoms with van der Waals surface area (Å²) in [5.74, 6) is 0.344. The molecule has 2 N–H and O–H groups in total. The summed E-state index contributed by atoms with van der Waals surface area (Å²) in [4.78, 5) is 11.8. The number of benzene rings is 2. The van der Waals surface area contributed by atoms with Gasteiger partial charge in [0, 0.05) is 13.0 Å². The Bertz CT molecular complexity index is 590. The minimum atomic E-state index is 0.0790. The lowest BCUT2D eigenvalue weighted by Crippen LogP contribution is -2.25. The van der Waals surface area contributed by atoms with Crippen molar-refractivity contribution in [2.24, 2.45) is 0 Å². The molecule has 0 radical (unpaired) electrons. The molecule has 0 aromatic heterocycles. The molecular formula is C18H21NO2. The normalized spacial score (nSPS) is 10.3. The maximum atomic E-state index is 11.8. The second-order valence-corrected chi connectivity index (χ2v) is 5.26. The molecule has 0 heterocycles. The Hall–Kier alpha value is -2.29. The van der Waals surface area contributed by atoms with E-state index >= 15 is 0 Å². The van der Waals surface area contributed by atoms with Crippen molar-refractivity contribution in [2.45, 2.75) is 26.2 Å². The summed E-state index contributed by atoms with van der Waals surface area (Å²) >= 11 is 0. The van der Waals surface area contributed by atoms with Crippen molar-refractivity contribution in [3.05, 3.63) is 65.2 Å². The zero-order valence-corrected chi connectivity index (χ0v) is 12.3. The zero-order chi connectivity index (χ0) is 15.1. The van der Waals surface area contributed by atoms with Crippen molar-refractivity contribution >= 4 is 5.91 Å². The lowest BCUT2D eigenvalue weighted by molar-refractivity contribution is -0.121. The highest BCUT2D eigenvalue weighted by molar-refractivity contribution is 5.76. The van der Waals surface area contributed by atoms with Crippen LogP contribution < -0.4 is 5.32 Å². The first-order valence-electron chi connectivity index (χ1n) is 7.23. The van der Waals surface area contributed by atoms with Crippen molar-refractivity contribution in [3.63, 3.8) is 0 Å². The largest absolute Gasteiger partial charge is 0.508 e. The van der Waals surface area contributed by atoms with Crippen LogP contribution >= 0.6 is 0 Å². The van der Waals surface area contributed by atoms with E-state index in [4.69, 9.17) is 0 Å². The minimum absolute atomic E-state index is 0.0790. The predicted molar refractivity (Wildman–Crippen MR) is 84.3 cm³/mol. The van der Waals surface area contributed by atoms with Crippen LogP contribution in [0.5, 0.6) is 5.75 Å². The molecule has 0 bridgehead atoms. The number of rotatable bonds is 6. The molecule has 21 heavy (non-hydrogen) atoms. The Kier molecular flexibility index (Phi) is 5.38. The lowest BCUT2D eigenvalue weighted by atomic mass is 10.1. The Balaban J connectivity index is 1.69. The molecule has 0 saturated carbocycles. The number of nitrogens with one attached hydrogen (secondary N) is 1. The number of hydrogen-bond donors (Lipinski definition) is 2. The average molecular weight is 283 g/mol. The van der Waals surface area contributed by atoms with Crippen LogP contribution in [0.4, 0.5) is 0 Å². The zero-order valence-electron chi connectivity index (χ0n) is 12.3.